The van der Waals surface area contributed by atoms with Crippen molar-refractivity contribution < 1.29 is 17.2 Å². The van der Waals surface area contributed by atoms with E-state index in [4.69, 9.17) is 16.9 Å². The summed E-state index contributed by atoms with van der Waals surface area (Å²) >= 11 is 5.84. The fourth-order valence-corrected chi connectivity index (χ4v) is 5.87. The third kappa shape index (κ3) is 3.10. The smallest absolute Gasteiger partial charge is 0.188 e. The molecule has 0 bridgehead atoms. The van der Waals surface area contributed by atoms with Gasteiger partial charge in [-0.2, -0.15) is 5.26 Å². The summed E-state index contributed by atoms with van der Waals surface area (Å²) in [5.74, 6) is -1.76. The zero-order valence-corrected chi connectivity index (χ0v) is 15.3. The standard InChI is InChI=1S/C19H16ClF2NO2S/c20-14-1-4-16(5-2-14)26(24,25)19(9-7-13(12-23)8-10-19)17-11-15(21)3-6-18(17)22/h1-6,11,13H,7-10H2/t13-,19+. The molecule has 0 heterocycles. The van der Waals surface area contributed by atoms with Crippen molar-refractivity contribution in [2.24, 2.45) is 5.92 Å². The van der Waals surface area contributed by atoms with E-state index in [1.54, 1.807) is 0 Å². The Hall–Kier alpha value is -1.97. The average Bonchev–Trinajstić information content (AvgIpc) is 2.64. The fraction of sp³-hybridized carbons (Fsp3) is 0.316. The summed E-state index contributed by atoms with van der Waals surface area (Å²) in [4.78, 5) is 0.000897. The molecule has 0 amide bonds. The normalized spacial score (nSPS) is 23.4. The van der Waals surface area contributed by atoms with Gasteiger partial charge in [0.15, 0.2) is 9.84 Å². The molecule has 3 rings (SSSR count). The maximum Gasteiger partial charge on any atom is 0.188 e. The molecule has 1 saturated carbocycles. The van der Waals surface area contributed by atoms with Crippen molar-refractivity contribution in [3.05, 3.63) is 64.7 Å². The molecular weight excluding hydrogens is 380 g/mol. The molecule has 0 N–H and O–H groups in total. The Morgan fingerprint density at radius 1 is 1.08 bits per heavy atom. The van der Waals surface area contributed by atoms with Crippen molar-refractivity contribution >= 4 is 21.4 Å². The van der Waals surface area contributed by atoms with Crippen molar-refractivity contribution in [3.8, 4) is 6.07 Å². The molecule has 0 unspecified atom stereocenters. The van der Waals surface area contributed by atoms with E-state index in [9.17, 15) is 17.2 Å². The zero-order valence-electron chi connectivity index (χ0n) is 13.8. The molecule has 2 aromatic carbocycles. The highest BCUT2D eigenvalue weighted by atomic mass is 35.5. The van der Waals surface area contributed by atoms with Gasteiger partial charge in [-0.05, 0) is 68.1 Å². The van der Waals surface area contributed by atoms with Gasteiger partial charge in [-0.15, -0.1) is 0 Å². The van der Waals surface area contributed by atoms with E-state index in [2.05, 4.69) is 6.07 Å². The number of sulfone groups is 1. The average molecular weight is 396 g/mol. The quantitative estimate of drug-likeness (QED) is 0.734. The highest BCUT2D eigenvalue weighted by Crippen LogP contribution is 2.49. The fourth-order valence-electron chi connectivity index (χ4n) is 3.58. The summed E-state index contributed by atoms with van der Waals surface area (Å²) in [5.41, 5.74) is -0.177. The molecule has 2 aromatic rings. The van der Waals surface area contributed by atoms with Gasteiger partial charge in [0.05, 0.1) is 11.0 Å². The number of hydrogen-bond acceptors (Lipinski definition) is 3. The van der Waals surface area contributed by atoms with Crippen LogP contribution in [0.5, 0.6) is 0 Å². The van der Waals surface area contributed by atoms with Crippen molar-refractivity contribution in [2.75, 3.05) is 0 Å². The molecule has 0 saturated heterocycles. The van der Waals surface area contributed by atoms with Crippen molar-refractivity contribution in [1.29, 1.82) is 5.26 Å². The second kappa shape index (κ2) is 6.98. The summed E-state index contributed by atoms with van der Waals surface area (Å²) in [6, 6.07) is 10.6. The number of nitrogens with zero attached hydrogens (tertiary/aromatic N) is 1. The summed E-state index contributed by atoms with van der Waals surface area (Å²) in [6.07, 6.45) is 0.714. The van der Waals surface area contributed by atoms with Crippen molar-refractivity contribution in [1.82, 2.24) is 0 Å². The Bertz CT molecular complexity index is 960. The number of halogens is 3. The van der Waals surface area contributed by atoms with Gasteiger partial charge >= 0.3 is 0 Å². The molecular formula is C19H16ClF2NO2S. The van der Waals surface area contributed by atoms with E-state index in [0.717, 1.165) is 18.2 Å². The molecule has 0 spiro atoms. The molecule has 26 heavy (non-hydrogen) atoms. The lowest BCUT2D eigenvalue weighted by Gasteiger charge is -2.38. The number of benzene rings is 2. The minimum absolute atomic E-state index is 0.000897. The van der Waals surface area contributed by atoms with Crippen molar-refractivity contribution in [2.45, 2.75) is 35.3 Å². The van der Waals surface area contributed by atoms with Gasteiger partial charge in [-0.3, -0.25) is 0 Å². The van der Waals surface area contributed by atoms with Gasteiger partial charge < -0.3 is 0 Å². The summed E-state index contributed by atoms with van der Waals surface area (Å²) in [7, 11) is -4.04. The van der Waals surface area contributed by atoms with Gasteiger partial charge in [0, 0.05) is 16.5 Å². The van der Waals surface area contributed by atoms with Gasteiger partial charge in [-0.25, -0.2) is 17.2 Å². The van der Waals surface area contributed by atoms with Crippen LogP contribution in [0.1, 0.15) is 31.2 Å². The molecule has 1 fully saturated rings. The van der Waals surface area contributed by atoms with Crippen LogP contribution in [0.2, 0.25) is 5.02 Å². The SMILES string of the molecule is N#C[C@H]1CC[C@@](c2cc(F)ccc2F)(S(=O)(=O)c2ccc(Cl)cc2)CC1. The van der Waals surface area contributed by atoms with Crippen LogP contribution in [-0.4, -0.2) is 8.42 Å². The van der Waals surface area contributed by atoms with Crippen LogP contribution >= 0.6 is 11.6 Å². The monoisotopic (exact) mass is 395 g/mol. The first-order chi connectivity index (χ1) is 12.3. The topological polar surface area (TPSA) is 57.9 Å². The second-order valence-electron chi connectivity index (χ2n) is 6.48. The van der Waals surface area contributed by atoms with Crippen LogP contribution in [0.25, 0.3) is 0 Å². The first-order valence-electron chi connectivity index (χ1n) is 8.15. The predicted octanol–water partition coefficient (Wildman–Crippen LogP) is 5.00. The highest BCUT2D eigenvalue weighted by Gasteiger charge is 2.50. The van der Waals surface area contributed by atoms with Crippen molar-refractivity contribution in [3.63, 3.8) is 0 Å². The Kier molecular flexibility index (Phi) is 5.05. The van der Waals surface area contributed by atoms with E-state index < -0.39 is 26.2 Å². The highest BCUT2D eigenvalue weighted by molar-refractivity contribution is 7.92. The van der Waals surface area contributed by atoms with Crippen LogP contribution in [0.15, 0.2) is 47.4 Å². The third-order valence-corrected chi connectivity index (χ3v) is 7.84. The maximum absolute atomic E-state index is 14.6. The predicted molar refractivity (Wildman–Crippen MR) is 94.2 cm³/mol. The second-order valence-corrected chi connectivity index (χ2v) is 9.18. The molecule has 136 valence electrons. The van der Waals surface area contributed by atoms with Gasteiger partial charge in [0.2, 0.25) is 0 Å². The summed E-state index contributed by atoms with van der Waals surface area (Å²) in [6.45, 7) is 0. The van der Waals surface area contributed by atoms with E-state index in [1.165, 1.54) is 24.3 Å². The van der Waals surface area contributed by atoms with Crippen LogP contribution in [0.4, 0.5) is 8.78 Å². The number of hydrogen-bond donors (Lipinski definition) is 0. The summed E-state index contributed by atoms with van der Waals surface area (Å²) in [5, 5.41) is 9.51. The molecule has 3 nitrogen and oxygen atoms in total. The Morgan fingerprint density at radius 2 is 1.69 bits per heavy atom. The summed E-state index contributed by atoms with van der Waals surface area (Å²) < 4.78 is 53.7. The number of rotatable bonds is 3. The zero-order chi connectivity index (χ0) is 18.9. The largest absolute Gasteiger partial charge is 0.223 e. The van der Waals surface area contributed by atoms with Crippen LogP contribution < -0.4 is 0 Å². The Balaban J connectivity index is 2.20. The Morgan fingerprint density at radius 3 is 2.27 bits per heavy atom. The van der Waals surface area contributed by atoms with Gasteiger partial charge in [0.25, 0.3) is 0 Å². The van der Waals surface area contributed by atoms with Crippen LogP contribution in [-0.2, 0) is 14.6 Å². The lowest BCUT2D eigenvalue weighted by Crippen LogP contribution is -2.40. The molecule has 0 aliphatic heterocycles. The van der Waals surface area contributed by atoms with E-state index in [-0.39, 0.29) is 29.2 Å². The number of nitriles is 1. The Labute approximate surface area is 156 Å². The van der Waals surface area contributed by atoms with Gasteiger partial charge in [-0.1, -0.05) is 11.6 Å². The van der Waals surface area contributed by atoms with Gasteiger partial charge in [0.1, 0.15) is 16.4 Å². The first-order valence-corrected chi connectivity index (χ1v) is 10.0. The molecule has 0 radical (unpaired) electrons. The molecule has 1 aliphatic carbocycles. The van der Waals surface area contributed by atoms with Crippen LogP contribution in [0.3, 0.4) is 0 Å². The maximum atomic E-state index is 14.6. The lowest BCUT2D eigenvalue weighted by atomic mass is 9.78. The molecule has 7 heteroatoms. The first kappa shape index (κ1) is 18.8. The molecule has 0 atom stereocenters. The van der Waals surface area contributed by atoms with E-state index in [0.29, 0.717) is 17.9 Å². The van der Waals surface area contributed by atoms with E-state index in [1.807, 2.05) is 0 Å². The third-order valence-electron chi connectivity index (χ3n) is 5.03. The van der Waals surface area contributed by atoms with E-state index >= 15 is 0 Å². The molecule has 0 aromatic heterocycles. The molecule has 1 aliphatic rings. The lowest BCUT2D eigenvalue weighted by molar-refractivity contribution is 0.326. The minimum atomic E-state index is -4.04. The van der Waals surface area contributed by atoms with Crippen LogP contribution in [0, 0.1) is 28.9 Å². The minimum Gasteiger partial charge on any atom is -0.223 e.